The molecule has 1 N–H and O–H groups in total. The Bertz CT molecular complexity index is 423. The molecule has 0 bridgehead atoms. The smallest absolute Gasteiger partial charge is 0.339 e. The van der Waals surface area contributed by atoms with Crippen molar-refractivity contribution >= 4 is 11.9 Å². The van der Waals surface area contributed by atoms with E-state index in [4.69, 9.17) is 9.84 Å². The molecule has 1 aromatic rings. The maximum Gasteiger partial charge on any atom is 0.339 e. The molecule has 0 radical (unpaired) electrons. The van der Waals surface area contributed by atoms with Crippen molar-refractivity contribution in [3.63, 3.8) is 0 Å². The zero-order chi connectivity index (χ0) is 12.8. The highest BCUT2D eigenvalue weighted by molar-refractivity contribution is 6.02. The molecule has 0 unspecified atom stereocenters. The van der Waals surface area contributed by atoms with Gasteiger partial charge in [-0.25, -0.2) is 9.59 Å². The number of carboxylic acids is 1. The van der Waals surface area contributed by atoms with Gasteiger partial charge in [0, 0.05) is 0 Å². The van der Waals surface area contributed by atoms with Gasteiger partial charge in [-0.15, -0.1) is 0 Å². The predicted octanol–water partition coefficient (Wildman–Crippen LogP) is 2.65. The minimum Gasteiger partial charge on any atom is -0.478 e. The molecule has 17 heavy (non-hydrogen) atoms. The molecule has 4 heteroatoms. The third-order valence-electron chi connectivity index (χ3n) is 2.36. The number of hydrogen-bond donors (Lipinski definition) is 1. The van der Waals surface area contributed by atoms with Gasteiger partial charge in [0.15, 0.2) is 0 Å². The zero-order valence-electron chi connectivity index (χ0n) is 10.0. The molecule has 0 spiro atoms. The molecule has 0 saturated heterocycles. The summed E-state index contributed by atoms with van der Waals surface area (Å²) in [5.74, 6) is -1.69. The zero-order valence-corrected chi connectivity index (χ0v) is 10.0. The quantitative estimate of drug-likeness (QED) is 0.630. The molecule has 0 saturated carbocycles. The Morgan fingerprint density at radius 2 is 2.00 bits per heavy atom. The lowest BCUT2D eigenvalue weighted by molar-refractivity contribution is 0.0489. The number of rotatable bonds is 5. The molecule has 0 heterocycles. The minimum absolute atomic E-state index is 0.00787. The molecule has 0 atom stereocenters. The Kier molecular flexibility index (Phi) is 4.69. The number of carbonyl (C=O) groups excluding carboxylic acids is 1. The summed E-state index contributed by atoms with van der Waals surface area (Å²) in [5, 5.41) is 9.00. The Labute approximate surface area is 100 Å². The van der Waals surface area contributed by atoms with Crippen molar-refractivity contribution < 1.29 is 19.4 Å². The molecule has 0 aliphatic carbocycles. The van der Waals surface area contributed by atoms with Gasteiger partial charge in [0.2, 0.25) is 0 Å². The first-order valence-corrected chi connectivity index (χ1v) is 5.57. The van der Waals surface area contributed by atoms with Crippen LogP contribution in [-0.4, -0.2) is 23.7 Å². The molecule has 0 aromatic heterocycles. The molecular weight excluding hydrogens is 220 g/mol. The van der Waals surface area contributed by atoms with Crippen molar-refractivity contribution in [3.05, 3.63) is 34.9 Å². The highest BCUT2D eigenvalue weighted by Crippen LogP contribution is 2.13. The van der Waals surface area contributed by atoms with E-state index in [1.54, 1.807) is 13.0 Å². The fraction of sp³-hybridized carbons (Fsp3) is 0.385. The monoisotopic (exact) mass is 236 g/mol. The van der Waals surface area contributed by atoms with Gasteiger partial charge >= 0.3 is 11.9 Å². The second kappa shape index (κ2) is 6.03. The van der Waals surface area contributed by atoms with Gasteiger partial charge in [0.05, 0.1) is 17.7 Å². The van der Waals surface area contributed by atoms with Crippen LogP contribution in [0.2, 0.25) is 0 Å². The third-order valence-corrected chi connectivity index (χ3v) is 2.36. The largest absolute Gasteiger partial charge is 0.478 e. The summed E-state index contributed by atoms with van der Waals surface area (Å²) in [6.07, 6.45) is 1.70. The average molecular weight is 236 g/mol. The topological polar surface area (TPSA) is 63.6 Å². The summed E-state index contributed by atoms with van der Waals surface area (Å²) in [5.41, 5.74) is 0.901. The SMILES string of the molecule is CCCCOC(=O)c1ccc(C)cc1C(=O)O. The van der Waals surface area contributed by atoms with E-state index in [-0.39, 0.29) is 11.1 Å². The van der Waals surface area contributed by atoms with Crippen LogP contribution < -0.4 is 0 Å². The highest BCUT2D eigenvalue weighted by atomic mass is 16.5. The highest BCUT2D eigenvalue weighted by Gasteiger charge is 2.17. The first-order chi connectivity index (χ1) is 8.06. The number of carboxylic acid groups (broad SMARTS) is 1. The normalized spacial score (nSPS) is 10.0. The minimum atomic E-state index is -1.11. The number of esters is 1. The van der Waals surface area contributed by atoms with Crippen molar-refractivity contribution in [2.45, 2.75) is 26.7 Å². The predicted molar refractivity (Wildman–Crippen MR) is 63.3 cm³/mol. The number of benzene rings is 1. The maximum atomic E-state index is 11.7. The van der Waals surface area contributed by atoms with E-state index < -0.39 is 11.9 Å². The fourth-order valence-electron chi connectivity index (χ4n) is 1.40. The lowest BCUT2D eigenvalue weighted by Gasteiger charge is -2.07. The van der Waals surface area contributed by atoms with Crippen molar-refractivity contribution in [3.8, 4) is 0 Å². The molecule has 1 rings (SSSR count). The lowest BCUT2D eigenvalue weighted by atomic mass is 10.0. The molecule has 4 nitrogen and oxygen atoms in total. The fourth-order valence-corrected chi connectivity index (χ4v) is 1.40. The van der Waals surface area contributed by atoms with Crippen LogP contribution >= 0.6 is 0 Å². The van der Waals surface area contributed by atoms with Gasteiger partial charge in [0.25, 0.3) is 0 Å². The van der Waals surface area contributed by atoms with E-state index in [2.05, 4.69) is 0 Å². The Hall–Kier alpha value is -1.84. The van der Waals surface area contributed by atoms with Crippen molar-refractivity contribution in [1.82, 2.24) is 0 Å². The van der Waals surface area contributed by atoms with Gasteiger partial charge in [-0.2, -0.15) is 0 Å². The molecule has 0 aliphatic rings. The Morgan fingerprint density at radius 3 is 2.59 bits per heavy atom. The van der Waals surface area contributed by atoms with Crippen LogP contribution in [0.25, 0.3) is 0 Å². The number of unbranched alkanes of at least 4 members (excludes halogenated alkanes) is 1. The molecule has 0 fully saturated rings. The summed E-state index contributed by atoms with van der Waals surface area (Å²) in [6, 6.07) is 4.66. The first kappa shape index (κ1) is 13.2. The standard InChI is InChI=1S/C13H16O4/c1-3-4-7-17-13(16)10-6-5-9(2)8-11(10)12(14)15/h5-6,8H,3-4,7H2,1-2H3,(H,14,15). The van der Waals surface area contributed by atoms with E-state index in [0.29, 0.717) is 6.61 Å². The molecule has 0 amide bonds. The summed E-state index contributed by atoms with van der Waals surface area (Å²) >= 11 is 0. The Morgan fingerprint density at radius 1 is 1.29 bits per heavy atom. The summed E-state index contributed by atoms with van der Waals surface area (Å²) in [4.78, 5) is 22.7. The van der Waals surface area contributed by atoms with Crippen molar-refractivity contribution in [2.75, 3.05) is 6.61 Å². The van der Waals surface area contributed by atoms with E-state index in [1.165, 1.54) is 12.1 Å². The van der Waals surface area contributed by atoms with Crippen LogP contribution in [0.15, 0.2) is 18.2 Å². The second-order valence-corrected chi connectivity index (χ2v) is 3.84. The summed E-state index contributed by atoms with van der Waals surface area (Å²) < 4.78 is 5.00. The van der Waals surface area contributed by atoms with Gasteiger partial charge in [-0.1, -0.05) is 25.0 Å². The first-order valence-electron chi connectivity index (χ1n) is 5.57. The van der Waals surface area contributed by atoms with E-state index >= 15 is 0 Å². The summed E-state index contributed by atoms with van der Waals surface area (Å²) in [6.45, 7) is 4.09. The number of ether oxygens (including phenoxy) is 1. The van der Waals surface area contributed by atoms with Crippen molar-refractivity contribution in [2.24, 2.45) is 0 Å². The molecule has 1 aromatic carbocycles. The molecule has 0 aliphatic heterocycles. The third kappa shape index (κ3) is 3.59. The van der Waals surface area contributed by atoms with Crippen LogP contribution in [0, 0.1) is 6.92 Å². The van der Waals surface area contributed by atoms with Crippen LogP contribution in [0.5, 0.6) is 0 Å². The van der Waals surface area contributed by atoms with E-state index in [9.17, 15) is 9.59 Å². The average Bonchev–Trinajstić information content (AvgIpc) is 2.29. The Balaban J connectivity index is 2.89. The van der Waals surface area contributed by atoms with Gasteiger partial charge in [0.1, 0.15) is 0 Å². The van der Waals surface area contributed by atoms with Crippen LogP contribution in [0.4, 0.5) is 0 Å². The van der Waals surface area contributed by atoms with Crippen LogP contribution in [-0.2, 0) is 4.74 Å². The lowest BCUT2D eigenvalue weighted by Crippen LogP contribution is -2.12. The second-order valence-electron chi connectivity index (χ2n) is 3.84. The van der Waals surface area contributed by atoms with Gasteiger partial charge in [-0.05, 0) is 25.5 Å². The van der Waals surface area contributed by atoms with E-state index in [0.717, 1.165) is 18.4 Å². The van der Waals surface area contributed by atoms with E-state index in [1.807, 2.05) is 6.92 Å². The number of aromatic carboxylic acids is 1. The maximum absolute atomic E-state index is 11.7. The van der Waals surface area contributed by atoms with Crippen molar-refractivity contribution in [1.29, 1.82) is 0 Å². The summed E-state index contributed by atoms with van der Waals surface area (Å²) in [7, 11) is 0. The van der Waals surface area contributed by atoms with Crippen LogP contribution in [0.3, 0.4) is 0 Å². The number of carbonyl (C=O) groups is 2. The van der Waals surface area contributed by atoms with Crippen LogP contribution in [0.1, 0.15) is 46.0 Å². The molecular formula is C13H16O4. The molecule has 92 valence electrons. The van der Waals surface area contributed by atoms with Gasteiger partial charge in [-0.3, -0.25) is 0 Å². The van der Waals surface area contributed by atoms with Gasteiger partial charge < -0.3 is 9.84 Å². The number of hydrogen-bond acceptors (Lipinski definition) is 3. The number of aryl methyl sites for hydroxylation is 1.